The molecule has 1 aliphatic heterocycles. The smallest absolute Gasteiger partial charge is 0.318 e. The summed E-state index contributed by atoms with van der Waals surface area (Å²) in [5.74, 6) is 0.168. The molecule has 5 heteroatoms. The van der Waals surface area contributed by atoms with Crippen molar-refractivity contribution in [3.63, 3.8) is 0 Å². The molecule has 5 nitrogen and oxygen atoms in total. The molecule has 2 N–H and O–H groups in total. The molecule has 3 unspecified atom stereocenters. The zero-order valence-corrected chi connectivity index (χ0v) is 13.3. The molecule has 0 bridgehead atoms. The third-order valence-electron chi connectivity index (χ3n) is 4.27. The Balaban J connectivity index is 2.62. The monoisotopic (exact) mass is 284 g/mol. The van der Waals surface area contributed by atoms with Gasteiger partial charge in [-0.05, 0) is 45.4 Å². The molecule has 0 saturated carbocycles. The van der Waals surface area contributed by atoms with E-state index in [-0.39, 0.29) is 18.5 Å². The van der Waals surface area contributed by atoms with Gasteiger partial charge in [-0.1, -0.05) is 13.8 Å². The van der Waals surface area contributed by atoms with E-state index in [1.807, 2.05) is 18.7 Å². The van der Waals surface area contributed by atoms with E-state index in [1.54, 1.807) is 0 Å². The fourth-order valence-corrected chi connectivity index (χ4v) is 2.83. The van der Waals surface area contributed by atoms with Crippen LogP contribution in [0.25, 0.3) is 0 Å². The van der Waals surface area contributed by atoms with Crippen LogP contribution in [0, 0.1) is 11.8 Å². The highest BCUT2D eigenvalue weighted by Crippen LogP contribution is 2.27. The zero-order chi connectivity index (χ0) is 15.5. The summed E-state index contributed by atoms with van der Waals surface area (Å²) in [5.41, 5.74) is -0.501. The minimum absolute atomic E-state index is 0.0651. The van der Waals surface area contributed by atoms with Crippen molar-refractivity contribution in [3.05, 3.63) is 0 Å². The van der Waals surface area contributed by atoms with Gasteiger partial charge < -0.3 is 15.3 Å². The van der Waals surface area contributed by atoms with Crippen LogP contribution in [0.5, 0.6) is 0 Å². The van der Waals surface area contributed by atoms with Crippen LogP contribution in [0.15, 0.2) is 0 Å². The summed E-state index contributed by atoms with van der Waals surface area (Å²) in [6.07, 6.45) is 1.64. The minimum Gasteiger partial charge on any atom is -0.481 e. The second-order valence-electron chi connectivity index (χ2n) is 6.92. The highest BCUT2D eigenvalue weighted by atomic mass is 16.4. The molecule has 116 valence electrons. The van der Waals surface area contributed by atoms with Crippen molar-refractivity contribution < 1.29 is 14.7 Å². The number of nitrogens with zero attached hydrogens (tertiary/aromatic N) is 1. The van der Waals surface area contributed by atoms with Crippen molar-refractivity contribution in [2.45, 2.75) is 65.5 Å². The predicted octanol–water partition coefficient (Wildman–Crippen LogP) is 2.71. The van der Waals surface area contributed by atoms with Crippen LogP contribution in [-0.4, -0.2) is 40.1 Å². The number of amides is 2. The molecule has 0 spiro atoms. The molecule has 1 rings (SSSR count). The molecule has 0 aliphatic carbocycles. The van der Waals surface area contributed by atoms with Crippen LogP contribution < -0.4 is 5.32 Å². The maximum Gasteiger partial charge on any atom is 0.318 e. The van der Waals surface area contributed by atoms with Gasteiger partial charge in [-0.25, -0.2) is 4.79 Å². The topological polar surface area (TPSA) is 69.6 Å². The Bertz CT molecular complexity index is 368. The summed E-state index contributed by atoms with van der Waals surface area (Å²) in [5, 5.41) is 11.7. The first-order valence-electron chi connectivity index (χ1n) is 7.43. The molecular formula is C15H28N2O3. The summed E-state index contributed by atoms with van der Waals surface area (Å²) in [6.45, 7) is 10.9. The van der Waals surface area contributed by atoms with Crippen LogP contribution in [-0.2, 0) is 4.79 Å². The van der Waals surface area contributed by atoms with E-state index in [0.29, 0.717) is 18.3 Å². The lowest BCUT2D eigenvalue weighted by atomic mass is 9.86. The van der Waals surface area contributed by atoms with Crippen molar-refractivity contribution in [1.82, 2.24) is 10.2 Å². The Labute approximate surface area is 121 Å². The van der Waals surface area contributed by atoms with Gasteiger partial charge in [0.15, 0.2) is 0 Å². The number of piperidine rings is 1. The van der Waals surface area contributed by atoms with Gasteiger partial charge in [-0.2, -0.15) is 0 Å². The number of hydrogen-bond acceptors (Lipinski definition) is 2. The molecule has 20 heavy (non-hydrogen) atoms. The maximum atomic E-state index is 12.4. The van der Waals surface area contributed by atoms with E-state index in [2.05, 4.69) is 26.1 Å². The molecule has 0 aromatic carbocycles. The fraction of sp³-hybridized carbons (Fsp3) is 0.867. The molecule has 1 heterocycles. The number of carbonyl (C=O) groups excluding carboxylic acids is 1. The van der Waals surface area contributed by atoms with E-state index in [9.17, 15) is 9.59 Å². The SMILES string of the molecule is CC1CC(C)C(C)N(C(=O)NC(C)(C)CCC(=O)O)C1. The highest BCUT2D eigenvalue weighted by Gasteiger charge is 2.33. The Kier molecular flexibility index (Phi) is 5.42. The number of aliphatic carboxylic acids is 1. The van der Waals surface area contributed by atoms with Crippen LogP contribution in [0.2, 0.25) is 0 Å². The van der Waals surface area contributed by atoms with Crippen molar-refractivity contribution in [1.29, 1.82) is 0 Å². The van der Waals surface area contributed by atoms with Crippen LogP contribution in [0.3, 0.4) is 0 Å². The molecule has 1 aliphatic rings. The number of nitrogens with one attached hydrogen (secondary N) is 1. The second-order valence-corrected chi connectivity index (χ2v) is 6.92. The van der Waals surface area contributed by atoms with Crippen molar-refractivity contribution in [2.24, 2.45) is 11.8 Å². The van der Waals surface area contributed by atoms with Crippen LogP contribution >= 0.6 is 0 Å². The molecular weight excluding hydrogens is 256 g/mol. The van der Waals surface area contributed by atoms with E-state index in [1.165, 1.54) is 0 Å². The summed E-state index contributed by atoms with van der Waals surface area (Å²) in [6, 6.07) is 0.146. The van der Waals surface area contributed by atoms with Gasteiger partial charge in [0.2, 0.25) is 0 Å². The largest absolute Gasteiger partial charge is 0.481 e. The lowest BCUT2D eigenvalue weighted by Gasteiger charge is -2.42. The number of carboxylic acid groups (broad SMARTS) is 1. The summed E-state index contributed by atoms with van der Waals surface area (Å²) in [4.78, 5) is 25.0. The molecule has 1 saturated heterocycles. The Hall–Kier alpha value is -1.26. The third kappa shape index (κ3) is 4.69. The van der Waals surface area contributed by atoms with Gasteiger partial charge in [-0.3, -0.25) is 4.79 Å². The van der Waals surface area contributed by atoms with Gasteiger partial charge in [0.25, 0.3) is 0 Å². The zero-order valence-electron chi connectivity index (χ0n) is 13.3. The number of carboxylic acids is 1. The second kappa shape index (κ2) is 6.46. The van der Waals surface area contributed by atoms with E-state index in [0.717, 1.165) is 13.0 Å². The van der Waals surface area contributed by atoms with Gasteiger partial charge in [-0.15, -0.1) is 0 Å². The van der Waals surface area contributed by atoms with E-state index in [4.69, 9.17) is 5.11 Å². The van der Waals surface area contributed by atoms with Crippen LogP contribution in [0.4, 0.5) is 4.79 Å². The molecule has 0 aromatic heterocycles. The molecule has 0 aromatic rings. The van der Waals surface area contributed by atoms with Crippen LogP contribution in [0.1, 0.15) is 53.9 Å². The van der Waals surface area contributed by atoms with Crippen molar-refractivity contribution >= 4 is 12.0 Å². The number of hydrogen-bond donors (Lipinski definition) is 2. The van der Waals surface area contributed by atoms with Gasteiger partial charge in [0, 0.05) is 24.5 Å². The standard InChI is InChI=1S/C15H28N2O3/c1-10-8-11(2)12(3)17(9-10)14(20)16-15(4,5)7-6-13(18)19/h10-12H,6-9H2,1-5H3,(H,16,20)(H,18,19). The van der Waals surface area contributed by atoms with Crippen molar-refractivity contribution in [2.75, 3.05) is 6.54 Å². The van der Waals surface area contributed by atoms with E-state index >= 15 is 0 Å². The van der Waals surface area contributed by atoms with Crippen molar-refractivity contribution in [3.8, 4) is 0 Å². The first-order chi connectivity index (χ1) is 9.12. The quantitative estimate of drug-likeness (QED) is 0.834. The lowest BCUT2D eigenvalue weighted by molar-refractivity contribution is -0.137. The fourth-order valence-electron chi connectivity index (χ4n) is 2.83. The Morgan fingerprint density at radius 2 is 1.90 bits per heavy atom. The normalized spacial score (nSPS) is 27.2. The average molecular weight is 284 g/mol. The minimum atomic E-state index is -0.832. The molecule has 2 amide bonds. The van der Waals surface area contributed by atoms with Gasteiger partial charge >= 0.3 is 12.0 Å². The first kappa shape index (κ1) is 16.8. The van der Waals surface area contributed by atoms with Gasteiger partial charge in [0.05, 0.1) is 0 Å². The first-order valence-corrected chi connectivity index (χ1v) is 7.43. The Morgan fingerprint density at radius 3 is 2.45 bits per heavy atom. The van der Waals surface area contributed by atoms with E-state index < -0.39 is 11.5 Å². The number of carbonyl (C=O) groups is 2. The summed E-state index contributed by atoms with van der Waals surface area (Å²) >= 11 is 0. The molecule has 0 radical (unpaired) electrons. The van der Waals surface area contributed by atoms with Gasteiger partial charge in [0.1, 0.15) is 0 Å². The third-order valence-corrected chi connectivity index (χ3v) is 4.27. The summed E-state index contributed by atoms with van der Waals surface area (Å²) in [7, 11) is 0. The Morgan fingerprint density at radius 1 is 1.30 bits per heavy atom. The average Bonchev–Trinajstić information content (AvgIpc) is 2.30. The predicted molar refractivity (Wildman–Crippen MR) is 78.6 cm³/mol. The maximum absolute atomic E-state index is 12.4. The molecule has 1 fully saturated rings. The number of urea groups is 1. The lowest BCUT2D eigenvalue weighted by Crippen LogP contribution is -2.56. The summed E-state index contributed by atoms with van der Waals surface area (Å²) < 4.78 is 0. The number of rotatable bonds is 4. The molecule has 3 atom stereocenters. The highest BCUT2D eigenvalue weighted by molar-refractivity contribution is 5.75. The number of likely N-dealkylation sites (tertiary alicyclic amines) is 1.